The topological polar surface area (TPSA) is 9.23 Å². The second-order valence-corrected chi connectivity index (χ2v) is 7.60. The summed E-state index contributed by atoms with van der Waals surface area (Å²) in [7, 11) is 0. The lowest BCUT2D eigenvalue weighted by Gasteiger charge is -2.27. The summed E-state index contributed by atoms with van der Waals surface area (Å²) in [5.74, 6) is 2.14. The van der Waals surface area contributed by atoms with E-state index in [0.29, 0.717) is 5.92 Å². The molecular weight excluding hydrogens is 299 g/mol. The van der Waals surface area contributed by atoms with Gasteiger partial charge in [-0.15, -0.1) is 0 Å². The van der Waals surface area contributed by atoms with Crippen molar-refractivity contribution in [2.45, 2.75) is 77.7 Å². The molecular formula is C22H31FO. The fraction of sp³-hybridized carbons (Fsp3) is 0.636. The summed E-state index contributed by atoms with van der Waals surface area (Å²) in [6.45, 7) is 4.40. The van der Waals surface area contributed by atoms with E-state index < -0.39 is 0 Å². The fourth-order valence-electron chi connectivity index (χ4n) is 4.21. The van der Waals surface area contributed by atoms with Crippen LogP contribution in [0.15, 0.2) is 18.2 Å². The highest BCUT2D eigenvalue weighted by molar-refractivity contribution is 5.55. The van der Waals surface area contributed by atoms with E-state index in [1.54, 1.807) is 6.07 Å². The van der Waals surface area contributed by atoms with Crippen molar-refractivity contribution in [1.82, 2.24) is 0 Å². The molecule has 1 aromatic rings. The summed E-state index contributed by atoms with van der Waals surface area (Å²) in [6, 6.07) is 3.59. The molecule has 0 bridgehead atoms. The fourth-order valence-corrected chi connectivity index (χ4v) is 4.21. The highest BCUT2D eigenvalue weighted by Gasteiger charge is 2.21. The zero-order valence-corrected chi connectivity index (χ0v) is 15.2. The molecule has 132 valence electrons. The molecule has 3 rings (SSSR count). The van der Waals surface area contributed by atoms with Gasteiger partial charge in [0, 0.05) is 11.6 Å². The first-order chi connectivity index (χ1) is 11.7. The molecule has 1 unspecified atom stereocenters. The number of aryl methyl sites for hydroxylation is 1. The molecule has 0 amide bonds. The highest BCUT2D eigenvalue weighted by atomic mass is 19.1. The molecule has 2 aliphatic rings. The maximum atomic E-state index is 14.4. The predicted octanol–water partition coefficient (Wildman–Crippen LogP) is 6.55. The van der Waals surface area contributed by atoms with Gasteiger partial charge in [-0.25, -0.2) is 4.39 Å². The normalized spacial score (nSPS) is 27.0. The maximum Gasteiger partial charge on any atom is 0.134 e. The van der Waals surface area contributed by atoms with Crippen LogP contribution < -0.4 is 4.74 Å². The molecule has 0 saturated heterocycles. The molecule has 1 nitrogen and oxygen atoms in total. The van der Waals surface area contributed by atoms with E-state index in [9.17, 15) is 4.39 Å². The first kappa shape index (κ1) is 17.5. The van der Waals surface area contributed by atoms with Crippen LogP contribution in [0.2, 0.25) is 0 Å². The molecule has 1 aromatic carbocycles. The van der Waals surface area contributed by atoms with Crippen molar-refractivity contribution >= 4 is 6.08 Å². The van der Waals surface area contributed by atoms with Crippen LogP contribution in [0, 0.1) is 17.7 Å². The average Bonchev–Trinajstić information content (AvgIpc) is 2.61. The predicted molar refractivity (Wildman–Crippen MR) is 98.8 cm³/mol. The minimum Gasteiger partial charge on any atom is -0.490 e. The summed E-state index contributed by atoms with van der Waals surface area (Å²) < 4.78 is 20.3. The second-order valence-electron chi connectivity index (χ2n) is 7.60. The Morgan fingerprint density at radius 2 is 1.92 bits per heavy atom. The van der Waals surface area contributed by atoms with Gasteiger partial charge < -0.3 is 4.74 Å². The summed E-state index contributed by atoms with van der Waals surface area (Å²) in [5.41, 5.74) is 1.88. The van der Waals surface area contributed by atoms with Gasteiger partial charge in [0.2, 0.25) is 0 Å². The van der Waals surface area contributed by atoms with E-state index in [4.69, 9.17) is 4.74 Å². The number of halogens is 1. The third kappa shape index (κ3) is 4.20. The second kappa shape index (κ2) is 8.18. The van der Waals surface area contributed by atoms with Crippen molar-refractivity contribution in [3.05, 3.63) is 35.2 Å². The quantitative estimate of drug-likeness (QED) is 0.595. The van der Waals surface area contributed by atoms with Gasteiger partial charge in [0.15, 0.2) is 0 Å². The average molecular weight is 330 g/mol. The van der Waals surface area contributed by atoms with Crippen LogP contribution in [-0.2, 0) is 6.42 Å². The minimum absolute atomic E-state index is 0.151. The van der Waals surface area contributed by atoms with E-state index >= 15 is 0 Å². The third-order valence-electron chi connectivity index (χ3n) is 5.80. The molecule has 1 fully saturated rings. The van der Waals surface area contributed by atoms with Crippen molar-refractivity contribution in [2.75, 3.05) is 0 Å². The van der Waals surface area contributed by atoms with Crippen LogP contribution in [0.3, 0.4) is 0 Å². The molecule has 1 aliphatic heterocycles. The number of allylic oxidation sites excluding steroid dienone is 1. The standard InChI is InChI=1S/C22H31FO/c1-3-5-16-6-8-17(9-7-16)10-11-18-14-19-12-13-20(4-2)24-22(19)15-21(18)23/h10-11,14-17,20H,3-9,12-13H2,1-2H3. The van der Waals surface area contributed by atoms with Crippen molar-refractivity contribution in [2.24, 2.45) is 11.8 Å². The van der Waals surface area contributed by atoms with Gasteiger partial charge in [-0.05, 0) is 68.4 Å². The summed E-state index contributed by atoms with van der Waals surface area (Å²) >= 11 is 0. The summed E-state index contributed by atoms with van der Waals surface area (Å²) in [6.07, 6.45) is 15.4. The molecule has 24 heavy (non-hydrogen) atoms. The summed E-state index contributed by atoms with van der Waals surface area (Å²) in [4.78, 5) is 0. The molecule has 0 radical (unpaired) electrons. The Kier molecular flexibility index (Phi) is 5.97. The zero-order valence-electron chi connectivity index (χ0n) is 15.2. The smallest absolute Gasteiger partial charge is 0.134 e. The third-order valence-corrected chi connectivity index (χ3v) is 5.80. The number of ether oxygens (including phenoxy) is 1. The Morgan fingerprint density at radius 1 is 1.12 bits per heavy atom. The van der Waals surface area contributed by atoms with Crippen LogP contribution in [0.25, 0.3) is 6.08 Å². The molecule has 0 aromatic heterocycles. The molecule has 1 aliphatic carbocycles. The lowest BCUT2D eigenvalue weighted by Crippen LogP contribution is -2.21. The van der Waals surface area contributed by atoms with Crippen molar-refractivity contribution in [3.63, 3.8) is 0 Å². The Hall–Kier alpha value is -1.31. The Morgan fingerprint density at radius 3 is 2.62 bits per heavy atom. The number of hydrogen-bond acceptors (Lipinski definition) is 1. The highest BCUT2D eigenvalue weighted by Crippen LogP contribution is 2.34. The summed E-state index contributed by atoms with van der Waals surface area (Å²) in [5, 5.41) is 0. The molecule has 2 heteroatoms. The Balaban J connectivity index is 1.63. The van der Waals surface area contributed by atoms with Gasteiger partial charge in [0.05, 0.1) is 6.10 Å². The van der Waals surface area contributed by atoms with Crippen molar-refractivity contribution in [1.29, 1.82) is 0 Å². The van der Waals surface area contributed by atoms with Crippen molar-refractivity contribution in [3.8, 4) is 5.75 Å². The molecule has 1 saturated carbocycles. The first-order valence-corrected chi connectivity index (χ1v) is 9.86. The van der Waals surface area contributed by atoms with Crippen LogP contribution in [0.4, 0.5) is 4.39 Å². The van der Waals surface area contributed by atoms with E-state index in [2.05, 4.69) is 19.9 Å². The molecule has 1 atom stereocenters. The van der Waals surface area contributed by atoms with E-state index in [1.807, 2.05) is 12.1 Å². The van der Waals surface area contributed by atoms with E-state index in [-0.39, 0.29) is 11.9 Å². The van der Waals surface area contributed by atoms with Crippen LogP contribution in [-0.4, -0.2) is 6.10 Å². The van der Waals surface area contributed by atoms with Gasteiger partial charge in [-0.3, -0.25) is 0 Å². The van der Waals surface area contributed by atoms with E-state index in [0.717, 1.165) is 42.1 Å². The van der Waals surface area contributed by atoms with Gasteiger partial charge in [0.25, 0.3) is 0 Å². The van der Waals surface area contributed by atoms with Crippen LogP contribution >= 0.6 is 0 Å². The molecule has 0 N–H and O–H groups in total. The lowest BCUT2D eigenvalue weighted by molar-refractivity contribution is 0.168. The zero-order chi connectivity index (χ0) is 16.9. The molecule has 1 heterocycles. The number of benzene rings is 1. The lowest BCUT2D eigenvalue weighted by atomic mass is 9.80. The molecule has 0 spiro atoms. The van der Waals surface area contributed by atoms with Gasteiger partial charge in [0.1, 0.15) is 11.6 Å². The van der Waals surface area contributed by atoms with Gasteiger partial charge >= 0.3 is 0 Å². The largest absolute Gasteiger partial charge is 0.490 e. The number of fused-ring (bicyclic) bond motifs is 1. The Bertz CT molecular complexity index is 570. The van der Waals surface area contributed by atoms with Gasteiger partial charge in [-0.1, -0.05) is 38.8 Å². The first-order valence-electron chi connectivity index (χ1n) is 9.86. The van der Waals surface area contributed by atoms with Crippen molar-refractivity contribution < 1.29 is 9.13 Å². The SMILES string of the molecule is CCCC1CCC(C=Cc2cc3c(cc2F)OC(CC)CC3)CC1. The monoisotopic (exact) mass is 330 g/mol. The van der Waals surface area contributed by atoms with Crippen LogP contribution in [0.5, 0.6) is 5.75 Å². The van der Waals surface area contributed by atoms with Crippen LogP contribution in [0.1, 0.15) is 76.3 Å². The van der Waals surface area contributed by atoms with Gasteiger partial charge in [-0.2, -0.15) is 0 Å². The number of hydrogen-bond donors (Lipinski definition) is 0. The maximum absolute atomic E-state index is 14.4. The minimum atomic E-state index is -0.151. The Labute approximate surface area is 146 Å². The number of rotatable bonds is 5. The van der Waals surface area contributed by atoms with E-state index in [1.165, 1.54) is 38.5 Å².